The maximum absolute atomic E-state index is 12.1. The number of H-pyrrole nitrogens is 1. The van der Waals surface area contributed by atoms with Gasteiger partial charge in [0.2, 0.25) is 5.88 Å². The Morgan fingerprint density at radius 3 is 2.67 bits per heavy atom. The van der Waals surface area contributed by atoms with Gasteiger partial charge in [0.1, 0.15) is 11.4 Å². The SMILES string of the molecule is O=c1[nH]c(C2CC2)nc(O)c1-c1ccccc1Br. The number of hydrogen-bond donors (Lipinski definition) is 2. The monoisotopic (exact) mass is 306 g/mol. The van der Waals surface area contributed by atoms with E-state index in [0.29, 0.717) is 17.3 Å². The average molecular weight is 307 g/mol. The zero-order valence-corrected chi connectivity index (χ0v) is 11.1. The number of nitrogens with zero attached hydrogens (tertiary/aromatic N) is 1. The van der Waals surface area contributed by atoms with Crippen molar-refractivity contribution in [1.29, 1.82) is 0 Å². The van der Waals surface area contributed by atoms with Crippen molar-refractivity contribution in [3.05, 3.63) is 44.9 Å². The van der Waals surface area contributed by atoms with Crippen LogP contribution in [0.2, 0.25) is 0 Å². The summed E-state index contributed by atoms with van der Waals surface area (Å²) in [4.78, 5) is 18.9. The minimum Gasteiger partial charge on any atom is -0.493 e. The van der Waals surface area contributed by atoms with Crippen LogP contribution in [0.5, 0.6) is 5.88 Å². The number of hydrogen-bond acceptors (Lipinski definition) is 3. The Morgan fingerprint density at radius 1 is 1.33 bits per heavy atom. The largest absolute Gasteiger partial charge is 0.493 e. The van der Waals surface area contributed by atoms with Gasteiger partial charge in [-0.05, 0) is 18.9 Å². The Balaban J connectivity index is 2.18. The van der Waals surface area contributed by atoms with Crippen LogP contribution in [0.4, 0.5) is 0 Å². The first kappa shape index (κ1) is 11.5. The molecule has 0 unspecified atom stereocenters. The Labute approximate surface area is 112 Å². The third kappa shape index (κ3) is 1.95. The molecule has 92 valence electrons. The summed E-state index contributed by atoms with van der Waals surface area (Å²) >= 11 is 3.37. The summed E-state index contributed by atoms with van der Waals surface area (Å²) in [6.45, 7) is 0. The van der Waals surface area contributed by atoms with Crippen LogP contribution in [-0.4, -0.2) is 15.1 Å². The summed E-state index contributed by atoms with van der Waals surface area (Å²) in [6.07, 6.45) is 2.05. The fraction of sp³-hybridized carbons (Fsp3) is 0.231. The fourth-order valence-corrected chi connectivity index (χ4v) is 2.42. The lowest BCUT2D eigenvalue weighted by atomic mass is 10.1. The number of aromatic nitrogens is 2. The molecule has 1 aliphatic rings. The number of aromatic hydroxyl groups is 1. The number of rotatable bonds is 2. The van der Waals surface area contributed by atoms with Crippen molar-refractivity contribution in [2.75, 3.05) is 0 Å². The van der Waals surface area contributed by atoms with Gasteiger partial charge in [-0.3, -0.25) is 4.79 Å². The van der Waals surface area contributed by atoms with Crippen molar-refractivity contribution in [3.63, 3.8) is 0 Å². The van der Waals surface area contributed by atoms with Gasteiger partial charge in [-0.1, -0.05) is 34.1 Å². The number of halogens is 1. The molecule has 2 aromatic rings. The molecule has 3 rings (SSSR count). The molecule has 0 spiro atoms. The molecule has 0 amide bonds. The van der Waals surface area contributed by atoms with Gasteiger partial charge < -0.3 is 10.1 Å². The second kappa shape index (κ2) is 4.24. The van der Waals surface area contributed by atoms with Crippen LogP contribution in [0.1, 0.15) is 24.6 Å². The molecular formula is C13H11BrN2O2. The van der Waals surface area contributed by atoms with E-state index in [1.807, 2.05) is 18.2 Å². The van der Waals surface area contributed by atoms with E-state index in [1.165, 1.54) is 0 Å². The molecule has 1 aromatic heterocycles. The predicted octanol–water partition coefficient (Wildman–Crippen LogP) is 2.78. The third-order valence-corrected chi connectivity index (χ3v) is 3.72. The maximum Gasteiger partial charge on any atom is 0.262 e. The molecule has 18 heavy (non-hydrogen) atoms. The summed E-state index contributed by atoms with van der Waals surface area (Å²) in [7, 11) is 0. The van der Waals surface area contributed by atoms with Gasteiger partial charge in [0.05, 0.1) is 0 Å². The van der Waals surface area contributed by atoms with E-state index in [0.717, 1.165) is 17.3 Å². The van der Waals surface area contributed by atoms with Gasteiger partial charge in [-0.25, -0.2) is 0 Å². The van der Waals surface area contributed by atoms with Gasteiger partial charge in [0.25, 0.3) is 5.56 Å². The molecule has 4 nitrogen and oxygen atoms in total. The third-order valence-electron chi connectivity index (χ3n) is 3.03. The molecule has 2 N–H and O–H groups in total. The Morgan fingerprint density at radius 2 is 2.06 bits per heavy atom. The van der Waals surface area contributed by atoms with Crippen LogP contribution < -0.4 is 5.56 Å². The van der Waals surface area contributed by atoms with Crippen molar-refractivity contribution in [2.24, 2.45) is 0 Å². The Bertz CT molecular complexity index is 662. The molecule has 1 fully saturated rings. The molecule has 1 aliphatic carbocycles. The summed E-state index contributed by atoms with van der Waals surface area (Å²) < 4.78 is 0.756. The van der Waals surface area contributed by atoms with Gasteiger partial charge in [0, 0.05) is 16.0 Å². The zero-order chi connectivity index (χ0) is 12.7. The van der Waals surface area contributed by atoms with E-state index in [2.05, 4.69) is 25.9 Å². The lowest BCUT2D eigenvalue weighted by Gasteiger charge is -2.07. The summed E-state index contributed by atoms with van der Waals surface area (Å²) in [5, 5.41) is 9.97. The Hall–Kier alpha value is -1.62. The number of benzene rings is 1. The normalized spacial score (nSPS) is 14.7. The van der Waals surface area contributed by atoms with Crippen LogP contribution in [0, 0.1) is 0 Å². The van der Waals surface area contributed by atoms with Crippen LogP contribution in [0.3, 0.4) is 0 Å². The van der Waals surface area contributed by atoms with Crippen molar-refractivity contribution in [1.82, 2.24) is 9.97 Å². The highest BCUT2D eigenvalue weighted by atomic mass is 79.9. The van der Waals surface area contributed by atoms with E-state index in [1.54, 1.807) is 6.07 Å². The Kier molecular flexibility index (Phi) is 2.70. The van der Waals surface area contributed by atoms with Crippen LogP contribution in [0.25, 0.3) is 11.1 Å². The molecular weight excluding hydrogens is 296 g/mol. The van der Waals surface area contributed by atoms with E-state index >= 15 is 0 Å². The van der Waals surface area contributed by atoms with Gasteiger partial charge >= 0.3 is 0 Å². The van der Waals surface area contributed by atoms with Crippen molar-refractivity contribution < 1.29 is 5.11 Å². The van der Waals surface area contributed by atoms with Crippen LogP contribution in [-0.2, 0) is 0 Å². The molecule has 0 radical (unpaired) electrons. The predicted molar refractivity (Wildman–Crippen MR) is 71.6 cm³/mol. The molecule has 1 saturated carbocycles. The lowest BCUT2D eigenvalue weighted by Crippen LogP contribution is -2.13. The molecule has 5 heteroatoms. The topological polar surface area (TPSA) is 66.0 Å². The standard InChI is InChI=1S/C13H11BrN2O2/c14-9-4-2-1-3-8(9)10-12(17)15-11(7-5-6-7)16-13(10)18/h1-4,7H,5-6H2,(H2,15,16,17,18). The van der Waals surface area contributed by atoms with E-state index < -0.39 is 0 Å². The second-order valence-electron chi connectivity index (χ2n) is 4.40. The van der Waals surface area contributed by atoms with Crippen molar-refractivity contribution in [2.45, 2.75) is 18.8 Å². The molecule has 0 atom stereocenters. The minimum absolute atomic E-state index is 0.201. The van der Waals surface area contributed by atoms with Gasteiger partial charge in [-0.15, -0.1) is 0 Å². The molecule has 0 aliphatic heterocycles. The summed E-state index contributed by atoms with van der Waals surface area (Å²) in [5.41, 5.74) is 0.564. The van der Waals surface area contributed by atoms with Crippen LogP contribution in [0.15, 0.2) is 33.5 Å². The molecule has 1 aromatic carbocycles. The lowest BCUT2D eigenvalue weighted by molar-refractivity contribution is 0.450. The van der Waals surface area contributed by atoms with Crippen molar-refractivity contribution >= 4 is 15.9 Å². The number of aromatic amines is 1. The quantitative estimate of drug-likeness (QED) is 0.896. The fourth-order valence-electron chi connectivity index (χ4n) is 1.94. The van der Waals surface area contributed by atoms with E-state index in [-0.39, 0.29) is 17.0 Å². The van der Waals surface area contributed by atoms with Crippen LogP contribution >= 0.6 is 15.9 Å². The van der Waals surface area contributed by atoms with E-state index in [4.69, 9.17) is 0 Å². The first-order valence-corrected chi connectivity index (χ1v) is 6.54. The highest BCUT2D eigenvalue weighted by molar-refractivity contribution is 9.10. The minimum atomic E-state index is -0.295. The molecule has 0 bridgehead atoms. The smallest absolute Gasteiger partial charge is 0.262 e. The first-order valence-electron chi connectivity index (χ1n) is 5.75. The highest BCUT2D eigenvalue weighted by Crippen LogP contribution is 2.39. The summed E-state index contributed by atoms with van der Waals surface area (Å²) in [6, 6.07) is 7.26. The first-order chi connectivity index (χ1) is 8.66. The molecule has 1 heterocycles. The average Bonchev–Trinajstić information content (AvgIpc) is 3.14. The van der Waals surface area contributed by atoms with Gasteiger partial charge in [-0.2, -0.15) is 4.98 Å². The zero-order valence-electron chi connectivity index (χ0n) is 9.48. The second-order valence-corrected chi connectivity index (χ2v) is 5.26. The molecule has 0 saturated heterocycles. The van der Waals surface area contributed by atoms with E-state index in [9.17, 15) is 9.90 Å². The summed E-state index contributed by atoms with van der Waals surface area (Å²) in [5.74, 6) is 0.692. The van der Waals surface area contributed by atoms with Gasteiger partial charge in [0.15, 0.2) is 0 Å². The highest BCUT2D eigenvalue weighted by Gasteiger charge is 2.28. The maximum atomic E-state index is 12.1. The number of nitrogens with one attached hydrogen (secondary N) is 1. The van der Waals surface area contributed by atoms with Crippen molar-refractivity contribution in [3.8, 4) is 17.0 Å².